The molecule has 0 unspecified atom stereocenters. The Morgan fingerprint density at radius 1 is 0.408 bits per heavy atom. The molecule has 3 heteroatoms. The summed E-state index contributed by atoms with van der Waals surface area (Å²) in [5.41, 5.74) is 8.25. The van der Waals surface area contributed by atoms with Gasteiger partial charge in [0.1, 0.15) is 0 Å². The van der Waals surface area contributed by atoms with Crippen molar-refractivity contribution in [2.24, 2.45) is 0 Å². The second-order valence-electron chi connectivity index (χ2n) is 11.5. The van der Waals surface area contributed by atoms with E-state index in [0.29, 0.717) is 17.0 Å². The second kappa shape index (κ2) is 12.5. The third kappa shape index (κ3) is 5.61. The normalized spacial score (nSPS) is 14.1. The maximum atomic E-state index is 8.47. The minimum absolute atomic E-state index is 0.143. The van der Waals surface area contributed by atoms with E-state index in [1.54, 1.807) is 35.6 Å². The number of fused-ring (bicyclic) bond motifs is 3. The van der Waals surface area contributed by atoms with Crippen LogP contribution in [0.25, 0.3) is 87.5 Å². The van der Waals surface area contributed by atoms with E-state index < -0.39 is 12.1 Å². The van der Waals surface area contributed by atoms with Crippen molar-refractivity contribution in [3.8, 4) is 67.2 Å². The topological polar surface area (TPSA) is 25.8 Å². The Morgan fingerprint density at radius 2 is 0.898 bits per heavy atom. The van der Waals surface area contributed by atoms with Crippen LogP contribution in [0, 0.1) is 0 Å². The zero-order valence-electron chi connectivity index (χ0n) is 35.8. The number of aromatic nitrogens is 2. The van der Waals surface area contributed by atoms with Gasteiger partial charge in [-0.2, -0.15) is 0 Å². The van der Waals surface area contributed by atoms with Crippen molar-refractivity contribution in [2.45, 2.75) is 0 Å². The minimum Gasteiger partial charge on any atom is -0.226 e. The van der Waals surface area contributed by atoms with Crippen LogP contribution >= 0.6 is 11.3 Å². The van der Waals surface area contributed by atoms with E-state index in [9.17, 15) is 0 Å². The Labute approximate surface area is 303 Å². The van der Waals surface area contributed by atoms with E-state index in [1.165, 1.54) is 0 Å². The first-order chi connectivity index (χ1) is 28.4. The van der Waals surface area contributed by atoms with Crippen LogP contribution in [0.3, 0.4) is 0 Å². The third-order valence-corrected chi connectivity index (χ3v) is 9.66. The summed E-state index contributed by atoms with van der Waals surface area (Å²) in [5.74, 6) is 0.534. The second-order valence-corrected chi connectivity index (χ2v) is 12.5. The van der Waals surface area contributed by atoms with E-state index in [-0.39, 0.29) is 59.5 Å². The number of hydrogen-bond acceptors (Lipinski definition) is 3. The SMILES string of the molecule is [2H]c1c([2H])c([2H])c(-c2ccc(-c3cccc(-c4cccc(-c5nc(-c6ccc(-c7c([2H])c([2H])c([2H])c([2H])c7[2H])cc6)c6sc7ccccc7c6n5)c4)c3)cc2)c([2H])c1[2H]. The summed E-state index contributed by atoms with van der Waals surface area (Å²) in [6.07, 6.45) is 0. The molecule has 0 aliphatic rings. The molecule has 0 fully saturated rings. The zero-order chi connectivity index (χ0) is 41.3. The molecule has 230 valence electrons. The predicted octanol–water partition coefficient (Wildman–Crippen LogP) is 12.8. The fourth-order valence-electron chi connectivity index (χ4n) is 6.04. The van der Waals surface area contributed by atoms with Crippen LogP contribution in [-0.4, -0.2) is 9.97 Å². The number of nitrogens with zero attached hydrogens (tertiary/aromatic N) is 2. The molecule has 0 saturated carbocycles. The smallest absolute Gasteiger partial charge is 0.160 e. The summed E-state index contributed by atoms with van der Waals surface area (Å²) >= 11 is 1.60. The van der Waals surface area contributed by atoms with Crippen LogP contribution in [0.4, 0.5) is 0 Å². The number of rotatable bonds is 6. The first kappa shape index (κ1) is 20.3. The number of hydrogen-bond donors (Lipinski definition) is 0. The molecular weight excluding hydrogens is 613 g/mol. The minimum atomic E-state index is -0.430. The molecule has 0 amide bonds. The number of thiophene rings is 1. The van der Waals surface area contributed by atoms with Gasteiger partial charge in [-0.15, -0.1) is 11.3 Å². The molecule has 0 radical (unpaired) electrons. The lowest BCUT2D eigenvalue weighted by Gasteiger charge is -2.10. The van der Waals surface area contributed by atoms with Crippen molar-refractivity contribution in [1.29, 1.82) is 0 Å². The maximum absolute atomic E-state index is 8.47. The Bertz CT molecular complexity index is 3110. The van der Waals surface area contributed by atoms with E-state index in [1.807, 2.05) is 72.8 Å². The molecule has 7 aromatic carbocycles. The van der Waals surface area contributed by atoms with Gasteiger partial charge in [-0.25, -0.2) is 9.97 Å². The molecule has 0 spiro atoms. The van der Waals surface area contributed by atoms with Gasteiger partial charge >= 0.3 is 0 Å². The molecule has 2 heterocycles. The maximum Gasteiger partial charge on any atom is 0.160 e. The van der Waals surface area contributed by atoms with Gasteiger partial charge in [0.2, 0.25) is 0 Å². The average molecular weight is 653 g/mol. The van der Waals surface area contributed by atoms with E-state index in [0.717, 1.165) is 59.4 Å². The van der Waals surface area contributed by atoms with Crippen LogP contribution in [0.15, 0.2) is 182 Å². The first-order valence-corrected chi connectivity index (χ1v) is 16.5. The molecule has 49 heavy (non-hydrogen) atoms. The van der Waals surface area contributed by atoms with Gasteiger partial charge in [-0.3, -0.25) is 0 Å². The quantitative estimate of drug-likeness (QED) is 0.179. The van der Waals surface area contributed by atoms with Crippen LogP contribution in [-0.2, 0) is 0 Å². The molecule has 2 aromatic heterocycles. The van der Waals surface area contributed by atoms with Crippen molar-refractivity contribution < 1.29 is 13.7 Å². The Morgan fingerprint density at radius 3 is 1.51 bits per heavy atom. The van der Waals surface area contributed by atoms with Gasteiger partial charge in [0.25, 0.3) is 0 Å². The van der Waals surface area contributed by atoms with Crippen LogP contribution < -0.4 is 0 Å². The predicted molar refractivity (Wildman–Crippen MR) is 208 cm³/mol. The highest BCUT2D eigenvalue weighted by Gasteiger charge is 2.17. The molecular formula is C46H30N2S. The van der Waals surface area contributed by atoms with Gasteiger partial charge in [0, 0.05) is 21.2 Å². The largest absolute Gasteiger partial charge is 0.226 e. The summed E-state index contributed by atoms with van der Waals surface area (Å²) < 4.78 is 84.0. The van der Waals surface area contributed by atoms with Gasteiger partial charge in [0.05, 0.1) is 29.6 Å². The standard InChI is InChI=1S/C46H30N2S/c1-3-11-31(12-4-1)33-21-23-35(24-22-33)37-15-9-16-38(29-37)39-17-10-18-40(30-39)46-47-43(45-44(48-46)41-19-7-8-20-42(41)49-45)36-27-25-34(26-28-36)32-13-5-2-6-14-32/h1-30H/i1D,2D,3D,4D,5D,6D,11D,12D,13D,14D. The Balaban J connectivity index is 1.09. The van der Waals surface area contributed by atoms with Crippen molar-refractivity contribution in [3.63, 3.8) is 0 Å². The highest BCUT2D eigenvalue weighted by Crippen LogP contribution is 2.40. The lowest BCUT2D eigenvalue weighted by Crippen LogP contribution is -1.94. The van der Waals surface area contributed by atoms with Crippen LogP contribution in [0.2, 0.25) is 0 Å². The highest BCUT2D eigenvalue weighted by atomic mass is 32.1. The lowest BCUT2D eigenvalue weighted by molar-refractivity contribution is 1.24. The molecule has 0 aliphatic carbocycles. The molecule has 9 aromatic rings. The summed E-state index contributed by atoms with van der Waals surface area (Å²) in [4.78, 5) is 10.3. The van der Waals surface area contributed by atoms with Crippen molar-refractivity contribution in [1.82, 2.24) is 9.97 Å². The fourth-order valence-corrected chi connectivity index (χ4v) is 7.20. The summed E-state index contributed by atoms with van der Waals surface area (Å²) in [6.45, 7) is 0. The molecule has 0 N–H and O–H groups in total. The van der Waals surface area contributed by atoms with Gasteiger partial charge in [0.15, 0.2) is 5.82 Å². The molecule has 0 saturated heterocycles. The third-order valence-electron chi connectivity index (χ3n) is 8.49. The van der Waals surface area contributed by atoms with E-state index in [2.05, 4.69) is 24.3 Å². The van der Waals surface area contributed by atoms with E-state index >= 15 is 0 Å². The summed E-state index contributed by atoms with van der Waals surface area (Å²) in [7, 11) is 0. The summed E-state index contributed by atoms with van der Waals surface area (Å²) in [5, 5.41) is 1.01. The van der Waals surface area contributed by atoms with E-state index in [4.69, 9.17) is 23.7 Å². The van der Waals surface area contributed by atoms with Gasteiger partial charge < -0.3 is 0 Å². The highest BCUT2D eigenvalue weighted by molar-refractivity contribution is 7.26. The lowest BCUT2D eigenvalue weighted by atomic mass is 9.96. The molecule has 2 nitrogen and oxygen atoms in total. The zero-order valence-corrected chi connectivity index (χ0v) is 26.7. The van der Waals surface area contributed by atoms with Crippen molar-refractivity contribution in [3.05, 3.63) is 182 Å². The first-order valence-electron chi connectivity index (χ1n) is 20.7. The van der Waals surface area contributed by atoms with Gasteiger partial charge in [-0.1, -0.05) is 164 Å². The molecule has 0 atom stereocenters. The number of benzene rings is 7. The molecule has 0 bridgehead atoms. The Kier molecular flexibility index (Phi) is 5.15. The van der Waals surface area contributed by atoms with Crippen molar-refractivity contribution in [2.75, 3.05) is 0 Å². The fraction of sp³-hybridized carbons (Fsp3) is 0. The average Bonchev–Trinajstić information content (AvgIpc) is 3.65. The van der Waals surface area contributed by atoms with Crippen molar-refractivity contribution >= 4 is 31.6 Å². The van der Waals surface area contributed by atoms with Crippen LogP contribution in [0.1, 0.15) is 13.7 Å². The molecule has 0 aliphatic heterocycles. The van der Waals surface area contributed by atoms with Crippen LogP contribution in [0.5, 0.6) is 0 Å². The van der Waals surface area contributed by atoms with Gasteiger partial charge in [-0.05, 0) is 62.7 Å². The Hall–Kier alpha value is -6.16. The summed E-state index contributed by atoms with van der Waals surface area (Å²) in [6, 6.07) is 35.5. The molecule has 9 rings (SSSR count). The monoisotopic (exact) mass is 652 g/mol.